The minimum Gasteiger partial charge on any atom is -0.444 e. The van der Waals surface area contributed by atoms with Gasteiger partial charge < -0.3 is 29.3 Å². The number of pyridine rings is 2. The van der Waals surface area contributed by atoms with Crippen molar-refractivity contribution < 1.29 is 37.9 Å². The smallest absolute Gasteiger partial charge is 0.444 e. The van der Waals surface area contributed by atoms with Crippen molar-refractivity contribution in [2.24, 2.45) is 0 Å². The number of halogens is 3. The van der Waals surface area contributed by atoms with Crippen molar-refractivity contribution in [2.75, 3.05) is 52.4 Å². The molecule has 2 amide bonds. The van der Waals surface area contributed by atoms with Gasteiger partial charge in [0.15, 0.2) is 0 Å². The highest BCUT2D eigenvalue weighted by Gasteiger charge is 2.27. The zero-order chi connectivity index (χ0) is 44.2. The molecular formula is C44H58BBrF2N6O6. The number of benzene rings is 2. The molecule has 4 heterocycles. The van der Waals surface area contributed by atoms with E-state index in [-0.39, 0.29) is 23.8 Å². The summed E-state index contributed by atoms with van der Waals surface area (Å²) in [6.45, 7) is 21.2. The molecule has 324 valence electrons. The molecule has 60 heavy (non-hydrogen) atoms. The number of ether oxygens (including phenoxy) is 2. The highest BCUT2D eigenvalue weighted by Crippen LogP contribution is 2.24. The van der Waals surface area contributed by atoms with E-state index in [2.05, 4.69) is 35.7 Å². The SMILES string of the molecule is CC(C)(C)OC(=O)N1CCN(Cc2ccc(Br)cc2F)CC1.Cc1cc(-c2ccc(CN3CCN(C(=O)OC(C)(C)C)CC3)c(F)c2)ccn1.Cc1cc(B(O)O)ccn1. The zero-order valence-corrected chi connectivity index (χ0v) is 37.5. The Kier molecular flexibility index (Phi) is 17.6. The van der Waals surface area contributed by atoms with Crippen LogP contribution in [-0.2, 0) is 22.6 Å². The third-order valence-corrected chi connectivity index (χ3v) is 9.85. The van der Waals surface area contributed by atoms with Gasteiger partial charge in [-0.3, -0.25) is 19.8 Å². The van der Waals surface area contributed by atoms with Crippen LogP contribution in [0.5, 0.6) is 0 Å². The molecule has 2 aliphatic rings. The number of hydrogen-bond acceptors (Lipinski definition) is 10. The van der Waals surface area contributed by atoms with Gasteiger partial charge in [0.1, 0.15) is 22.8 Å². The van der Waals surface area contributed by atoms with Gasteiger partial charge in [0, 0.05) is 105 Å². The first-order chi connectivity index (χ1) is 28.2. The molecule has 0 radical (unpaired) electrons. The van der Waals surface area contributed by atoms with E-state index >= 15 is 0 Å². The van der Waals surface area contributed by atoms with Crippen LogP contribution < -0.4 is 5.46 Å². The molecule has 2 N–H and O–H groups in total. The van der Waals surface area contributed by atoms with Crippen molar-refractivity contribution in [3.05, 3.63) is 112 Å². The Hall–Kier alpha value is -4.48. The summed E-state index contributed by atoms with van der Waals surface area (Å²) in [4.78, 5) is 40.0. The van der Waals surface area contributed by atoms with Crippen molar-refractivity contribution in [3.8, 4) is 11.1 Å². The summed E-state index contributed by atoms with van der Waals surface area (Å²) >= 11 is 3.26. The van der Waals surface area contributed by atoms with E-state index in [1.165, 1.54) is 6.07 Å². The van der Waals surface area contributed by atoms with E-state index in [4.69, 9.17) is 19.5 Å². The second-order valence-corrected chi connectivity index (χ2v) is 17.7. The summed E-state index contributed by atoms with van der Waals surface area (Å²) in [7, 11) is -1.39. The number of rotatable bonds is 6. The Balaban J connectivity index is 0.000000220. The Morgan fingerprint density at radius 1 is 0.650 bits per heavy atom. The molecule has 0 bridgehead atoms. The summed E-state index contributed by atoms with van der Waals surface area (Å²) in [6.07, 6.45) is 2.72. The quantitative estimate of drug-likeness (QED) is 0.196. The summed E-state index contributed by atoms with van der Waals surface area (Å²) in [5.74, 6) is -0.412. The normalized spacial score (nSPS) is 14.9. The van der Waals surface area contributed by atoms with E-state index < -0.39 is 18.3 Å². The molecule has 2 aromatic carbocycles. The Morgan fingerprint density at radius 3 is 1.48 bits per heavy atom. The van der Waals surface area contributed by atoms with Crippen molar-refractivity contribution in [3.63, 3.8) is 0 Å². The Labute approximate surface area is 361 Å². The molecule has 6 rings (SSSR count). The number of aromatic nitrogens is 2. The van der Waals surface area contributed by atoms with Crippen LogP contribution in [0.4, 0.5) is 18.4 Å². The van der Waals surface area contributed by atoms with Gasteiger partial charge >= 0.3 is 19.3 Å². The van der Waals surface area contributed by atoms with Crippen LogP contribution >= 0.6 is 15.9 Å². The molecule has 0 unspecified atom stereocenters. The molecule has 0 atom stereocenters. The first-order valence-corrected chi connectivity index (χ1v) is 20.8. The maximum Gasteiger partial charge on any atom is 0.488 e. The predicted molar refractivity (Wildman–Crippen MR) is 233 cm³/mol. The van der Waals surface area contributed by atoms with Crippen LogP contribution in [0, 0.1) is 25.5 Å². The predicted octanol–water partition coefficient (Wildman–Crippen LogP) is 6.96. The van der Waals surface area contributed by atoms with Crippen molar-refractivity contribution >= 4 is 40.7 Å². The number of carbonyl (C=O) groups is 2. The molecule has 2 aromatic heterocycles. The van der Waals surface area contributed by atoms with Gasteiger partial charge in [0.25, 0.3) is 0 Å². The average Bonchev–Trinajstić information content (AvgIpc) is 3.16. The van der Waals surface area contributed by atoms with E-state index in [0.29, 0.717) is 68.9 Å². The molecule has 0 aliphatic carbocycles. The molecule has 0 saturated carbocycles. The van der Waals surface area contributed by atoms with Gasteiger partial charge in [-0.2, -0.15) is 0 Å². The summed E-state index contributed by atoms with van der Waals surface area (Å²) in [5, 5.41) is 17.4. The standard InChI is InChI=1S/C22H28FN3O2.C16H22BrFN2O2.C6H8BNO2/c1-16-13-18(7-8-24-16)17-5-6-19(20(23)14-17)15-25-9-11-26(12-10-25)21(27)28-22(2,3)4;1-16(2,3)22-15(21)20-8-6-19(7-9-20)11-12-4-5-13(17)10-14(12)18;1-5-4-6(7(9)10)2-3-8-5/h5-8,13-14H,9-12,15H2,1-4H3;4-5,10H,6-9,11H2,1-3H3;2-4,9-10H,1H3. The number of amides is 2. The van der Waals surface area contributed by atoms with E-state index in [1.807, 2.05) is 78.8 Å². The fraction of sp³-hybridized carbons (Fsp3) is 0.455. The number of hydrogen-bond donors (Lipinski definition) is 2. The summed E-state index contributed by atoms with van der Waals surface area (Å²) in [6, 6.07) is 17.5. The van der Waals surface area contributed by atoms with Crippen LogP contribution in [0.3, 0.4) is 0 Å². The maximum atomic E-state index is 14.7. The third-order valence-electron chi connectivity index (χ3n) is 9.35. The van der Waals surface area contributed by atoms with Gasteiger partial charge in [-0.15, -0.1) is 0 Å². The highest BCUT2D eigenvalue weighted by atomic mass is 79.9. The molecular weight excluding hydrogens is 837 g/mol. The van der Waals surface area contributed by atoms with Gasteiger partial charge in [-0.1, -0.05) is 34.1 Å². The van der Waals surface area contributed by atoms with Crippen LogP contribution in [0.1, 0.15) is 64.1 Å². The zero-order valence-electron chi connectivity index (χ0n) is 35.9. The van der Waals surface area contributed by atoms with Crippen LogP contribution in [0.15, 0.2) is 77.5 Å². The molecule has 12 nitrogen and oxygen atoms in total. The second-order valence-electron chi connectivity index (χ2n) is 16.8. The fourth-order valence-corrected chi connectivity index (χ4v) is 6.60. The lowest BCUT2D eigenvalue weighted by atomic mass is 9.81. The fourth-order valence-electron chi connectivity index (χ4n) is 6.27. The van der Waals surface area contributed by atoms with Crippen LogP contribution in [0.25, 0.3) is 11.1 Å². The highest BCUT2D eigenvalue weighted by molar-refractivity contribution is 9.10. The topological polar surface area (TPSA) is 132 Å². The number of nitrogens with zero attached hydrogens (tertiary/aromatic N) is 6. The number of carbonyl (C=O) groups excluding carboxylic acids is 2. The van der Waals surface area contributed by atoms with Crippen molar-refractivity contribution in [1.82, 2.24) is 29.6 Å². The Morgan fingerprint density at radius 2 is 1.08 bits per heavy atom. The van der Waals surface area contributed by atoms with E-state index in [9.17, 15) is 18.4 Å². The Bertz CT molecular complexity index is 2030. The number of piperazine rings is 2. The number of aryl methyl sites for hydroxylation is 2. The van der Waals surface area contributed by atoms with E-state index in [1.54, 1.807) is 53.4 Å². The molecule has 2 fully saturated rings. The van der Waals surface area contributed by atoms with Crippen molar-refractivity contribution in [1.29, 1.82) is 0 Å². The summed E-state index contributed by atoms with van der Waals surface area (Å²) < 4.78 is 40.0. The van der Waals surface area contributed by atoms with Crippen LogP contribution in [0.2, 0.25) is 0 Å². The van der Waals surface area contributed by atoms with Gasteiger partial charge in [-0.05, 0) is 114 Å². The third kappa shape index (κ3) is 16.2. The molecule has 0 spiro atoms. The first kappa shape index (κ1) is 48.2. The van der Waals surface area contributed by atoms with Gasteiger partial charge in [0.05, 0.1) is 0 Å². The first-order valence-electron chi connectivity index (χ1n) is 20.0. The molecule has 2 saturated heterocycles. The largest absolute Gasteiger partial charge is 0.488 e. The minimum atomic E-state index is -1.39. The maximum absolute atomic E-state index is 14.7. The van der Waals surface area contributed by atoms with Gasteiger partial charge in [-0.25, -0.2) is 18.4 Å². The minimum absolute atomic E-state index is 0.205. The average molecular weight is 896 g/mol. The lowest BCUT2D eigenvalue weighted by molar-refractivity contribution is 0.0128. The van der Waals surface area contributed by atoms with Crippen LogP contribution in [-0.4, -0.2) is 122 Å². The molecule has 4 aromatic rings. The summed E-state index contributed by atoms with van der Waals surface area (Å²) in [5.41, 5.74) is 4.35. The lowest BCUT2D eigenvalue weighted by Gasteiger charge is -2.35. The van der Waals surface area contributed by atoms with Gasteiger partial charge in [0.2, 0.25) is 0 Å². The molecule has 2 aliphatic heterocycles. The van der Waals surface area contributed by atoms with E-state index in [0.717, 1.165) is 40.1 Å². The molecule has 16 heteroatoms. The monoisotopic (exact) mass is 894 g/mol. The lowest BCUT2D eigenvalue weighted by Crippen LogP contribution is -2.49. The second kappa shape index (κ2) is 21.9. The van der Waals surface area contributed by atoms with Crippen molar-refractivity contribution in [2.45, 2.75) is 79.7 Å².